The molecule has 0 bridgehead atoms. The van der Waals surface area contributed by atoms with E-state index in [4.69, 9.17) is 0 Å². The first kappa shape index (κ1) is 9.56. The van der Waals surface area contributed by atoms with Crippen LogP contribution in [0.5, 0.6) is 0 Å². The minimum absolute atomic E-state index is 0.0434. The number of hydrogen-bond acceptors (Lipinski definition) is 2. The zero-order valence-electron chi connectivity index (χ0n) is 6.29. The second-order valence-corrected chi connectivity index (χ2v) is 3.63. The van der Waals surface area contributed by atoms with Crippen molar-refractivity contribution in [2.75, 3.05) is 12.0 Å². The first-order valence-electron chi connectivity index (χ1n) is 3.10. The Labute approximate surface area is 63.8 Å². The molecule has 0 aromatic carbocycles. The summed E-state index contributed by atoms with van der Waals surface area (Å²) in [5.74, 6) is 0.686. The SMILES string of the molecule is CC(=O)/C=C/CCS(C)=O. The Balaban J connectivity index is 3.36. The number of ketones is 1. The smallest absolute Gasteiger partial charge is 0.152 e. The fraction of sp³-hybridized carbons (Fsp3) is 0.571. The van der Waals surface area contributed by atoms with Crippen molar-refractivity contribution < 1.29 is 9.00 Å². The van der Waals surface area contributed by atoms with Gasteiger partial charge in [0.05, 0.1) is 0 Å². The maximum Gasteiger partial charge on any atom is 0.152 e. The second kappa shape index (κ2) is 5.35. The van der Waals surface area contributed by atoms with Crippen molar-refractivity contribution in [3.63, 3.8) is 0 Å². The molecule has 0 saturated carbocycles. The summed E-state index contributed by atoms with van der Waals surface area (Å²) < 4.78 is 10.5. The highest BCUT2D eigenvalue weighted by Gasteiger charge is 1.86. The van der Waals surface area contributed by atoms with Crippen LogP contribution in [0.25, 0.3) is 0 Å². The molecule has 0 aromatic rings. The summed E-state index contributed by atoms with van der Waals surface area (Å²) >= 11 is 0. The van der Waals surface area contributed by atoms with Crippen LogP contribution >= 0.6 is 0 Å². The largest absolute Gasteiger partial charge is 0.295 e. The average Bonchev–Trinajstić information content (AvgIpc) is 1.79. The monoisotopic (exact) mass is 160 g/mol. The molecule has 0 heterocycles. The molecule has 3 heteroatoms. The van der Waals surface area contributed by atoms with Crippen LogP contribution in [0, 0.1) is 0 Å². The van der Waals surface area contributed by atoms with Crippen molar-refractivity contribution in [3.8, 4) is 0 Å². The van der Waals surface area contributed by atoms with Gasteiger partial charge in [0.1, 0.15) is 0 Å². The van der Waals surface area contributed by atoms with E-state index in [2.05, 4.69) is 0 Å². The minimum atomic E-state index is -0.743. The third-order valence-corrected chi connectivity index (χ3v) is 1.74. The summed E-state index contributed by atoms with van der Waals surface area (Å²) in [6.45, 7) is 1.50. The van der Waals surface area contributed by atoms with Gasteiger partial charge in [-0.3, -0.25) is 9.00 Å². The number of allylic oxidation sites excluding steroid dienone is 2. The fourth-order valence-electron chi connectivity index (χ4n) is 0.483. The lowest BCUT2D eigenvalue weighted by Gasteiger charge is -1.87. The van der Waals surface area contributed by atoms with Crippen LogP contribution in [0.3, 0.4) is 0 Å². The molecule has 0 aliphatic carbocycles. The van der Waals surface area contributed by atoms with E-state index in [1.807, 2.05) is 0 Å². The maximum absolute atomic E-state index is 10.5. The van der Waals surface area contributed by atoms with Crippen LogP contribution in [0.15, 0.2) is 12.2 Å². The molecule has 0 N–H and O–H groups in total. The standard InChI is InChI=1S/C7H12O2S/c1-7(8)5-3-4-6-10(2)9/h3,5H,4,6H2,1-2H3/b5-3+. The molecule has 0 aromatic heterocycles. The molecule has 0 rings (SSSR count). The zero-order valence-corrected chi connectivity index (χ0v) is 7.11. The van der Waals surface area contributed by atoms with Gasteiger partial charge in [0.15, 0.2) is 5.78 Å². The van der Waals surface area contributed by atoms with Gasteiger partial charge in [0, 0.05) is 22.8 Å². The highest BCUT2D eigenvalue weighted by molar-refractivity contribution is 7.84. The molecule has 2 nitrogen and oxygen atoms in total. The first-order valence-corrected chi connectivity index (χ1v) is 4.83. The molecule has 0 fully saturated rings. The van der Waals surface area contributed by atoms with Crippen molar-refractivity contribution in [2.45, 2.75) is 13.3 Å². The van der Waals surface area contributed by atoms with Crippen LogP contribution in [-0.4, -0.2) is 22.0 Å². The zero-order chi connectivity index (χ0) is 7.98. The highest BCUT2D eigenvalue weighted by atomic mass is 32.2. The van der Waals surface area contributed by atoms with E-state index in [0.717, 1.165) is 6.42 Å². The van der Waals surface area contributed by atoms with Crippen molar-refractivity contribution in [1.29, 1.82) is 0 Å². The van der Waals surface area contributed by atoms with Crippen LogP contribution in [0.4, 0.5) is 0 Å². The van der Waals surface area contributed by atoms with Gasteiger partial charge in [-0.15, -0.1) is 0 Å². The predicted molar refractivity (Wildman–Crippen MR) is 43.4 cm³/mol. The van der Waals surface area contributed by atoms with Crippen molar-refractivity contribution in [1.82, 2.24) is 0 Å². The Hall–Kier alpha value is -0.440. The number of carbonyl (C=O) groups excluding carboxylic acids is 1. The van der Waals surface area contributed by atoms with Gasteiger partial charge >= 0.3 is 0 Å². The molecule has 1 atom stereocenters. The molecular formula is C7H12O2S. The molecule has 0 amide bonds. The Morgan fingerprint density at radius 2 is 2.20 bits per heavy atom. The van der Waals surface area contributed by atoms with Crippen LogP contribution in [0.1, 0.15) is 13.3 Å². The number of hydrogen-bond donors (Lipinski definition) is 0. The Morgan fingerprint density at radius 3 is 2.60 bits per heavy atom. The first-order chi connectivity index (χ1) is 4.63. The topological polar surface area (TPSA) is 34.1 Å². The van der Waals surface area contributed by atoms with Gasteiger partial charge in [0.25, 0.3) is 0 Å². The second-order valence-electron chi connectivity index (χ2n) is 2.08. The third-order valence-electron chi connectivity index (χ3n) is 0.925. The number of rotatable bonds is 4. The van der Waals surface area contributed by atoms with Crippen molar-refractivity contribution in [2.24, 2.45) is 0 Å². The fourth-order valence-corrected chi connectivity index (χ4v) is 0.951. The third kappa shape index (κ3) is 7.56. The van der Waals surface area contributed by atoms with E-state index in [9.17, 15) is 9.00 Å². The molecule has 0 radical (unpaired) electrons. The number of carbonyl (C=O) groups is 1. The normalized spacial score (nSPS) is 13.8. The summed E-state index contributed by atoms with van der Waals surface area (Å²) in [5.41, 5.74) is 0. The highest BCUT2D eigenvalue weighted by Crippen LogP contribution is 1.86. The van der Waals surface area contributed by atoms with Crippen LogP contribution in [0.2, 0.25) is 0 Å². The summed E-state index contributed by atoms with van der Waals surface area (Å²) in [4.78, 5) is 10.3. The molecule has 0 aliphatic heterocycles. The van der Waals surface area contributed by atoms with Gasteiger partial charge in [-0.25, -0.2) is 0 Å². The average molecular weight is 160 g/mol. The van der Waals surface area contributed by atoms with E-state index in [0.29, 0.717) is 5.75 Å². The summed E-state index contributed by atoms with van der Waals surface area (Å²) in [6.07, 6.45) is 5.64. The van der Waals surface area contributed by atoms with Gasteiger partial charge in [0.2, 0.25) is 0 Å². The Kier molecular flexibility index (Phi) is 5.12. The summed E-state index contributed by atoms with van der Waals surface area (Å²) in [7, 11) is -0.743. The predicted octanol–water partition coefficient (Wildman–Crippen LogP) is 0.900. The maximum atomic E-state index is 10.5. The Morgan fingerprint density at radius 1 is 1.60 bits per heavy atom. The van der Waals surface area contributed by atoms with Gasteiger partial charge in [-0.05, 0) is 19.4 Å². The van der Waals surface area contributed by atoms with Gasteiger partial charge in [-0.1, -0.05) is 6.08 Å². The lowest BCUT2D eigenvalue weighted by Crippen LogP contribution is -1.91. The Bertz CT molecular complexity index is 161. The molecule has 58 valence electrons. The molecule has 10 heavy (non-hydrogen) atoms. The molecule has 0 spiro atoms. The molecule has 1 unspecified atom stereocenters. The van der Waals surface area contributed by atoms with Crippen molar-refractivity contribution >= 4 is 16.6 Å². The lowest BCUT2D eigenvalue weighted by molar-refractivity contribution is -0.112. The van der Waals surface area contributed by atoms with Gasteiger partial charge < -0.3 is 0 Å². The van der Waals surface area contributed by atoms with E-state index >= 15 is 0 Å². The molecule has 0 saturated heterocycles. The van der Waals surface area contributed by atoms with Crippen LogP contribution < -0.4 is 0 Å². The van der Waals surface area contributed by atoms with E-state index < -0.39 is 10.8 Å². The van der Waals surface area contributed by atoms with E-state index in [-0.39, 0.29) is 5.78 Å². The van der Waals surface area contributed by atoms with E-state index in [1.54, 1.807) is 12.3 Å². The van der Waals surface area contributed by atoms with Crippen LogP contribution in [-0.2, 0) is 15.6 Å². The van der Waals surface area contributed by atoms with Crippen molar-refractivity contribution in [3.05, 3.63) is 12.2 Å². The molecule has 0 aliphatic rings. The molecular weight excluding hydrogens is 148 g/mol. The van der Waals surface area contributed by atoms with Gasteiger partial charge in [-0.2, -0.15) is 0 Å². The quantitative estimate of drug-likeness (QED) is 0.573. The summed E-state index contributed by atoms with van der Waals surface area (Å²) in [5, 5.41) is 0. The minimum Gasteiger partial charge on any atom is -0.295 e. The van der Waals surface area contributed by atoms with E-state index in [1.165, 1.54) is 13.0 Å². The summed E-state index contributed by atoms with van der Waals surface area (Å²) in [6, 6.07) is 0. The lowest BCUT2D eigenvalue weighted by atomic mass is 10.3.